The van der Waals surface area contributed by atoms with Gasteiger partial charge < -0.3 is 14.6 Å². The van der Waals surface area contributed by atoms with Gasteiger partial charge in [0.05, 0.1) is 25.4 Å². The number of fused-ring (bicyclic) bond motifs is 1. The van der Waals surface area contributed by atoms with E-state index in [4.69, 9.17) is 14.6 Å². The van der Waals surface area contributed by atoms with Crippen LogP contribution in [0.15, 0.2) is 42.5 Å². The molecule has 2 aliphatic rings. The molecule has 2 unspecified atom stereocenters. The van der Waals surface area contributed by atoms with Gasteiger partial charge in [0.15, 0.2) is 0 Å². The minimum Gasteiger partial charge on any atom is -0.462 e. The van der Waals surface area contributed by atoms with E-state index in [1.165, 1.54) is 102 Å². The number of aliphatic hydroxyl groups is 1. The van der Waals surface area contributed by atoms with Crippen molar-refractivity contribution in [2.75, 3.05) is 19.8 Å². The van der Waals surface area contributed by atoms with Crippen molar-refractivity contribution < 1.29 is 24.2 Å². The molecule has 3 rings (SSSR count). The lowest BCUT2D eigenvalue weighted by molar-refractivity contribution is -0.139. The van der Waals surface area contributed by atoms with Crippen LogP contribution in [0.1, 0.15) is 127 Å². The number of ether oxygens (including phenoxy) is 2. The number of rotatable bonds is 20. The number of hydrogen-bond donors (Lipinski definition) is 1. The number of aryl methyl sites for hydroxylation is 2. The minimum atomic E-state index is -0.543. The van der Waals surface area contributed by atoms with Crippen molar-refractivity contribution in [2.45, 2.75) is 129 Å². The average Bonchev–Trinajstić information content (AvgIpc) is 3.03. The molecule has 2 aliphatic carbocycles. The van der Waals surface area contributed by atoms with Crippen LogP contribution in [0.3, 0.4) is 0 Å². The molecular weight excluding hydrogens is 548 g/mol. The number of aliphatic hydroxyl groups excluding tert-OH is 1. The molecule has 44 heavy (non-hydrogen) atoms. The fraction of sp³-hybridized carbons (Fsp3) is 0.692. The largest absolute Gasteiger partial charge is 0.462 e. The number of hydrogen-bond acceptors (Lipinski definition) is 5. The van der Waals surface area contributed by atoms with E-state index in [0.29, 0.717) is 24.0 Å². The first kappa shape index (κ1) is 36.1. The maximum atomic E-state index is 11.9. The lowest BCUT2D eigenvalue weighted by atomic mass is 9.75. The van der Waals surface area contributed by atoms with Gasteiger partial charge in [-0.1, -0.05) is 102 Å². The van der Waals surface area contributed by atoms with Crippen LogP contribution in [0.5, 0.6) is 0 Å². The SMILES string of the molecule is C=C(C)C(=O)OCCC(CCOC(=O)C(=C)CO)CC1CCC(CCCCc2ccc3c(c2)CCC(CCCCC)C3)CC1. The zero-order valence-corrected chi connectivity index (χ0v) is 27.9. The number of esters is 2. The van der Waals surface area contributed by atoms with E-state index in [-0.39, 0.29) is 18.1 Å². The highest BCUT2D eigenvalue weighted by Crippen LogP contribution is 2.37. The molecule has 0 heterocycles. The van der Waals surface area contributed by atoms with E-state index in [1.807, 2.05) is 0 Å². The maximum absolute atomic E-state index is 11.9. The van der Waals surface area contributed by atoms with Gasteiger partial charge in [-0.05, 0) is 98.7 Å². The molecule has 5 nitrogen and oxygen atoms in total. The van der Waals surface area contributed by atoms with Gasteiger partial charge in [0.25, 0.3) is 0 Å². The second kappa shape index (κ2) is 19.9. The quantitative estimate of drug-likeness (QED) is 0.0909. The monoisotopic (exact) mass is 608 g/mol. The van der Waals surface area contributed by atoms with Crippen LogP contribution < -0.4 is 0 Å². The first-order valence-corrected chi connectivity index (χ1v) is 17.7. The lowest BCUT2D eigenvalue weighted by Crippen LogP contribution is -2.20. The molecule has 0 bridgehead atoms. The summed E-state index contributed by atoms with van der Waals surface area (Å²) in [6.45, 7) is 11.4. The molecular formula is C39H60O5. The standard InChI is InChI=1S/C39H60O5/c1-5-6-7-11-32-17-19-37-27-33(18-20-36(37)26-32)12-9-8-10-31-13-15-34(16-14-31)25-35(21-23-43-38(41)29(2)3)22-24-44-39(42)30(4)28-40/h18,20,27,31-32,34-35,40H,2,4-17,19,21-26,28H2,1,3H3. The third-order valence-electron chi connectivity index (χ3n) is 10.1. The lowest BCUT2D eigenvalue weighted by Gasteiger charge is -2.31. The highest BCUT2D eigenvalue weighted by atomic mass is 16.5. The van der Waals surface area contributed by atoms with Gasteiger partial charge in [-0.3, -0.25) is 0 Å². The zero-order chi connectivity index (χ0) is 31.7. The average molecular weight is 609 g/mol. The van der Waals surface area contributed by atoms with Crippen molar-refractivity contribution in [1.29, 1.82) is 0 Å². The van der Waals surface area contributed by atoms with Crippen molar-refractivity contribution in [3.05, 3.63) is 59.2 Å². The Morgan fingerprint density at radius 2 is 1.52 bits per heavy atom. The predicted octanol–water partition coefficient (Wildman–Crippen LogP) is 8.89. The molecule has 246 valence electrons. The zero-order valence-electron chi connectivity index (χ0n) is 27.9. The normalized spacial score (nSPS) is 20.4. The smallest absolute Gasteiger partial charge is 0.335 e. The van der Waals surface area contributed by atoms with Crippen LogP contribution in [-0.4, -0.2) is 36.9 Å². The highest BCUT2D eigenvalue weighted by Gasteiger charge is 2.25. The van der Waals surface area contributed by atoms with Gasteiger partial charge in [0.1, 0.15) is 0 Å². The van der Waals surface area contributed by atoms with Crippen LogP contribution >= 0.6 is 0 Å². The minimum absolute atomic E-state index is 0.0733. The number of unbranched alkanes of at least 4 members (excludes halogenated alkanes) is 3. The number of carbonyl (C=O) groups is 2. The van der Waals surface area contributed by atoms with Crippen LogP contribution in [0.25, 0.3) is 0 Å². The summed E-state index contributed by atoms with van der Waals surface area (Å²) in [4.78, 5) is 23.7. The Morgan fingerprint density at radius 1 is 0.864 bits per heavy atom. The topological polar surface area (TPSA) is 72.8 Å². The van der Waals surface area contributed by atoms with Gasteiger partial charge in [-0.15, -0.1) is 0 Å². The summed E-state index contributed by atoms with van der Waals surface area (Å²) in [6, 6.07) is 7.35. The fourth-order valence-corrected chi connectivity index (χ4v) is 7.26. The molecule has 0 aromatic heterocycles. The van der Waals surface area contributed by atoms with E-state index in [2.05, 4.69) is 38.3 Å². The Morgan fingerprint density at radius 3 is 2.20 bits per heavy atom. The van der Waals surface area contributed by atoms with Gasteiger partial charge in [-0.2, -0.15) is 0 Å². The summed E-state index contributed by atoms with van der Waals surface area (Å²) in [5, 5.41) is 9.10. The van der Waals surface area contributed by atoms with Crippen molar-refractivity contribution in [1.82, 2.24) is 0 Å². The molecule has 1 saturated carbocycles. The molecule has 0 aliphatic heterocycles. The Kier molecular flexibility index (Phi) is 16.3. The maximum Gasteiger partial charge on any atom is 0.335 e. The van der Waals surface area contributed by atoms with Crippen molar-refractivity contribution in [3.8, 4) is 0 Å². The van der Waals surface area contributed by atoms with Crippen LogP contribution in [0.4, 0.5) is 0 Å². The third-order valence-corrected chi connectivity index (χ3v) is 10.1. The Labute approximate surface area is 267 Å². The Balaban J connectivity index is 1.35. The van der Waals surface area contributed by atoms with Crippen molar-refractivity contribution in [3.63, 3.8) is 0 Å². The second-order valence-corrected chi connectivity index (χ2v) is 13.8. The summed E-state index contributed by atoms with van der Waals surface area (Å²) in [7, 11) is 0. The summed E-state index contributed by atoms with van der Waals surface area (Å²) < 4.78 is 10.7. The first-order valence-electron chi connectivity index (χ1n) is 17.7. The first-order chi connectivity index (χ1) is 21.3. The van der Waals surface area contributed by atoms with Gasteiger partial charge in [0.2, 0.25) is 0 Å². The molecule has 1 aromatic rings. The summed E-state index contributed by atoms with van der Waals surface area (Å²) in [5.41, 5.74) is 5.24. The van der Waals surface area contributed by atoms with E-state index >= 15 is 0 Å². The molecule has 1 N–H and O–H groups in total. The van der Waals surface area contributed by atoms with Crippen LogP contribution in [-0.2, 0) is 38.3 Å². The van der Waals surface area contributed by atoms with Crippen molar-refractivity contribution in [2.24, 2.45) is 23.7 Å². The van der Waals surface area contributed by atoms with Crippen molar-refractivity contribution >= 4 is 11.9 Å². The van der Waals surface area contributed by atoms with Gasteiger partial charge >= 0.3 is 11.9 Å². The van der Waals surface area contributed by atoms with E-state index in [1.54, 1.807) is 18.1 Å². The van der Waals surface area contributed by atoms with Gasteiger partial charge in [0, 0.05) is 5.57 Å². The molecule has 5 heteroatoms. The predicted molar refractivity (Wildman–Crippen MR) is 179 cm³/mol. The highest BCUT2D eigenvalue weighted by molar-refractivity contribution is 5.88. The molecule has 0 saturated heterocycles. The molecule has 0 radical (unpaired) electrons. The fourth-order valence-electron chi connectivity index (χ4n) is 7.26. The molecule has 1 aromatic carbocycles. The van der Waals surface area contributed by atoms with Crippen LogP contribution in [0, 0.1) is 23.7 Å². The summed E-state index contributed by atoms with van der Waals surface area (Å²) >= 11 is 0. The molecule has 2 atom stereocenters. The summed E-state index contributed by atoms with van der Waals surface area (Å²) in [6.07, 6.45) is 22.2. The van der Waals surface area contributed by atoms with E-state index in [0.717, 1.165) is 31.1 Å². The van der Waals surface area contributed by atoms with Crippen LogP contribution in [0.2, 0.25) is 0 Å². The van der Waals surface area contributed by atoms with E-state index in [9.17, 15) is 9.59 Å². The summed E-state index contributed by atoms with van der Waals surface area (Å²) in [5.74, 6) is 1.81. The third kappa shape index (κ3) is 12.9. The second-order valence-electron chi connectivity index (χ2n) is 13.8. The molecule has 0 amide bonds. The van der Waals surface area contributed by atoms with Gasteiger partial charge in [-0.25, -0.2) is 9.59 Å². The van der Waals surface area contributed by atoms with E-state index < -0.39 is 12.6 Å². The number of benzene rings is 1. The Hall–Kier alpha value is -2.40. The molecule has 1 fully saturated rings. The Bertz CT molecular complexity index is 1050. The number of carbonyl (C=O) groups excluding carboxylic acids is 2. The molecule has 0 spiro atoms.